The molecule has 0 spiro atoms. The molecule has 0 bridgehead atoms. The van der Waals surface area contributed by atoms with E-state index in [-0.39, 0.29) is 5.41 Å². The van der Waals surface area contributed by atoms with Crippen LogP contribution in [0.4, 0.5) is 0 Å². The first kappa shape index (κ1) is 14.3. The van der Waals surface area contributed by atoms with Crippen molar-refractivity contribution in [1.82, 2.24) is 0 Å². The van der Waals surface area contributed by atoms with Crippen molar-refractivity contribution in [2.45, 2.75) is 26.2 Å². The number of fused-ring (bicyclic) bond motifs is 7. The molecule has 0 saturated carbocycles. The van der Waals surface area contributed by atoms with E-state index in [1.165, 1.54) is 60.8 Å². The first-order valence-electron chi connectivity index (χ1n) is 9.39. The predicted molar refractivity (Wildman–Crippen MR) is 111 cm³/mol. The van der Waals surface area contributed by atoms with Gasteiger partial charge in [-0.05, 0) is 68.3 Å². The average Bonchev–Trinajstić information content (AvgIpc) is 3.08. The highest BCUT2D eigenvalue weighted by molar-refractivity contribution is 6.20. The van der Waals surface area contributed by atoms with Gasteiger partial charge in [-0.25, -0.2) is 0 Å². The lowest BCUT2D eigenvalue weighted by molar-refractivity contribution is 0.661. The molecule has 124 valence electrons. The van der Waals surface area contributed by atoms with Crippen LogP contribution in [0.3, 0.4) is 0 Å². The highest BCUT2D eigenvalue weighted by Gasteiger charge is 2.38. The molecule has 0 atom stereocenters. The van der Waals surface area contributed by atoms with Crippen LogP contribution in [0.2, 0.25) is 0 Å². The molecule has 0 heteroatoms. The number of hydrogen-bond donors (Lipinski definition) is 0. The monoisotopic (exact) mass is 332 g/mol. The van der Waals surface area contributed by atoms with Crippen LogP contribution in [0.5, 0.6) is 0 Å². The zero-order valence-electron chi connectivity index (χ0n) is 15.4. The summed E-state index contributed by atoms with van der Waals surface area (Å²) in [4.78, 5) is 0. The smallest absolute Gasteiger partial charge is 0.0159 e. The fraction of sp³-hybridized carbons (Fsp3) is 0.154. The fourth-order valence-electron chi connectivity index (χ4n) is 5.21. The van der Waals surface area contributed by atoms with E-state index in [0.717, 1.165) is 0 Å². The molecule has 0 amide bonds. The average molecular weight is 332 g/mol. The summed E-state index contributed by atoms with van der Waals surface area (Å²) in [5.41, 5.74) is 12.7. The van der Waals surface area contributed by atoms with Crippen LogP contribution in [-0.4, -0.2) is 0 Å². The van der Waals surface area contributed by atoms with Crippen molar-refractivity contribution >= 4 is 10.8 Å². The second kappa shape index (κ2) is 4.45. The van der Waals surface area contributed by atoms with Crippen molar-refractivity contribution < 1.29 is 0 Å². The van der Waals surface area contributed by atoms with Gasteiger partial charge in [0.05, 0.1) is 0 Å². The van der Waals surface area contributed by atoms with E-state index in [2.05, 4.69) is 87.5 Å². The molecule has 0 unspecified atom stereocenters. The van der Waals surface area contributed by atoms with Crippen LogP contribution in [0, 0.1) is 6.92 Å². The fourth-order valence-corrected chi connectivity index (χ4v) is 5.21. The van der Waals surface area contributed by atoms with Crippen molar-refractivity contribution in [3.8, 4) is 33.4 Å². The lowest BCUT2D eigenvalue weighted by atomic mass is 9.81. The standard InChI is InChI=1S/C26H20/c1-15-11-12-22-21(13-15)25-19-10-6-9-18-16-7-4-5-8-17(16)20(24(18)19)14-23(25)26(22,2)3/h4-14H,1-3H3. The van der Waals surface area contributed by atoms with Gasteiger partial charge in [-0.15, -0.1) is 0 Å². The quantitative estimate of drug-likeness (QED) is 0.284. The highest BCUT2D eigenvalue weighted by atomic mass is 14.4. The van der Waals surface area contributed by atoms with Gasteiger partial charge >= 0.3 is 0 Å². The van der Waals surface area contributed by atoms with Gasteiger partial charge in [0, 0.05) is 5.41 Å². The summed E-state index contributed by atoms with van der Waals surface area (Å²) in [5.74, 6) is 0. The highest BCUT2D eigenvalue weighted by Crippen LogP contribution is 2.57. The number of benzene rings is 4. The summed E-state index contributed by atoms with van der Waals surface area (Å²) in [5, 5.41) is 2.83. The first-order valence-corrected chi connectivity index (χ1v) is 9.39. The third kappa shape index (κ3) is 1.52. The molecule has 26 heavy (non-hydrogen) atoms. The Morgan fingerprint density at radius 1 is 0.615 bits per heavy atom. The minimum absolute atomic E-state index is 0.0383. The third-order valence-electron chi connectivity index (χ3n) is 6.46. The van der Waals surface area contributed by atoms with E-state index in [0.29, 0.717) is 0 Å². The normalized spacial score (nSPS) is 15.0. The van der Waals surface area contributed by atoms with Crippen LogP contribution >= 0.6 is 0 Å². The Hall–Kier alpha value is -2.86. The summed E-state index contributed by atoms with van der Waals surface area (Å²) >= 11 is 0. The summed E-state index contributed by atoms with van der Waals surface area (Å²) in [6, 6.07) is 25.1. The van der Waals surface area contributed by atoms with Gasteiger partial charge in [0.1, 0.15) is 0 Å². The predicted octanol–water partition coefficient (Wildman–Crippen LogP) is 7.10. The molecular formula is C26H20. The van der Waals surface area contributed by atoms with Crippen molar-refractivity contribution in [3.63, 3.8) is 0 Å². The molecule has 0 saturated heterocycles. The zero-order chi connectivity index (χ0) is 17.6. The zero-order valence-corrected chi connectivity index (χ0v) is 15.4. The Morgan fingerprint density at radius 2 is 1.35 bits per heavy atom. The maximum Gasteiger partial charge on any atom is 0.0159 e. The molecule has 0 aromatic heterocycles. The van der Waals surface area contributed by atoms with Crippen LogP contribution in [-0.2, 0) is 5.41 Å². The Bertz CT molecular complexity index is 1250. The Labute approximate surface area is 154 Å². The summed E-state index contributed by atoms with van der Waals surface area (Å²) in [7, 11) is 0. The molecule has 4 aromatic carbocycles. The van der Waals surface area contributed by atoms with Crippen LogP contribution < -0.4 is 0 Å². The number of rotatable bonds is 0. The molecule has 0 heterocycles. The first-order chi connectivity index (χ1) is 12.6. The maximum absolute atomic E-state index is 2.47. The van der Waals surface area contributed by atoms with E-state index < -0.39 is 0 Å². The largest absolute Gasteiger partial charge is 0.0616 e. The minimum Gasteiger partial charge on any atom is -0.0616 e. The van der Waals surface area contributed by atoms with Gasteiger partial charge < -0.3 is 0 Å². The molecule has 0 fully saturated rings. The van der Waals surface area contributed by atoms with E-state index >= 15 is 0 Å². The van der Waals surface area contributed by atoms with Crippen LogP contribution in [0.1, 0.15) is 30.5 Å². The lowest BCUT2D eigenvalue weighted by Crippen LogP contribution is -2.15. The van der Waals surface area contributed by atoms with Crippen molar-refractivity contribution in [2.24, 2.45) is 0 Å². The Kier molecular flexibility index (Phi) is 2.45. The lowest BCUT2D eigenvalue weighted by Gasteiger charge is -2.22. The minimum atomic E-state index is 0.0383. The summed E-state index contributed by atoms with van der Waals surface area (Å²) < 4.78 is 0. The van der Waals surface area contributed by atoms with Gasteiger partial charge in [-0.3, -0.25) is 0 Å². The van der Waals surface area contributed by atoms with Crippen molar-refractivity contribution in [1.29, 1.82) is 0 Å². The maximum atomic E-state index is 2.47. The van der Waals surface area contributed by atoms with Crippen LogP contribution in [0.15, 0.2) is 66.7 Å². The van der Waals surface area contributed by atoms with Gasteiger partial charge in [-0.2, -0.15) is 0 Å². The molecule has 2 aliphatic carbocycles. The van der Waals surface area contributed by atoms with E-state index in [9.17, 15) is 0 Å². The number of aryl methyl sites for hydroxylation is 1. The molecule has 0 N–H and O–H groups in total. The van der Waals surface area contributed by atoms with E-state index in [1.54, 1.807) is 0 Å². The molecular weight excluding hydrogens is 312 g/mol. The van der Waals surface area contributed by atoms with Crippen molar-refractivity contribution in [3.05, 3.63) is 83.4 Å². The Morgan fingerprint density at radius 3 is 2.15 bits per heavy atom. The second-order valence-corrected chi connectivity index (χ2v) is 8.29. The Balaban J connectivity index is 1.85. The van der Waals surface area contributed by atoms with E-state index in [4.69, 9.17) is 0 Å². The van der Waals surface area contributed by atoms with Gasteiger partial charge in [0.2, 0.25) is 0 Å². The molecule has 6 rings (SSSR count). The molecule has 4 aromatic rings. The molecule has 2 aliphatic rings. The topological polar surface area (TPSA) is 0 Å². The van der Waals surface area contributed by atoms with Crippen molar-refractivity contribution in [2.75, 3.05) is 0 Å². The van der Waals surface area contributed by atoms with Gasteiger partial charge in [-0.1, -0.05) is 80.1 Å². The van der Waals surface area contributed by atoms with Gasteiger partial charge in [0.15, 0.2) is 0 Å². The number of hydrogen-bond acceptors (Lipinski definition) is 0. The second-order valence-electron chi connectivity index (χ2n) is 8.29. The summed E-state index contributed by atoms with van der Waals surface area (Å²) in [6.07, 6.45) is 0. The summed E-state index contributed by atoms with van der Waals surface area (Å²) in [6.45, 7) is 6.94. The third-order valence-corrected chi connectivity index (χ3v) is 6.46. The SMILES string of the molecule is Cc1ccc2c(c1)-c1c(cc3c4c(cccc14)-c1ccccc1-3)C2(C)C. The molecule has 0 nitrogen and oxygen atoms in total. The molecule has 0 radical (unpaired) electrons. The van der Waals surface area contributed by atoms with Crippen LogP contribution in [0.25, 0.3) is 44.2 Å². The molecule has 0 aliphatic heterocycles. The van der Waals surface area contributed by atoms with E-state index in [1.807, 2.05) is 0 Å². The van der Waals surface area contributed by atoms with Gasteiger partial charge in [0.25, 0.3) is 0 Å².